The van der Waals surface area contributed by atoms with Gasteiger partial charge in [0.25, 0.3) is 5.91 Å². The molecule has 2 aromatic carbocycles. The summed E-state index contributed by atoms with van der Waals surface area (Å²) >= 11 is 0. The van der Waals surface area contributed by atoms with Crippen LogP contribution in [0.25, 0.3) is 0 Å². The van der Waals surface area contributed by atoms with Crippen LogP contribution in [0, 0.1) is 0 Å². The van der Waals surface area contributed by atoms with E-state index in [4.69, 9.17) is 15.2 Å². The van der Waals surface area contributed by atoms with Crippen molar-refractivity contribution in [1.82, 2.24) is 5.32 Å². The van der Waals surface area contributed by atoms with Crippen LogP contribution in [0.1, 0.15) is 36.7 Å². The van der Waals surface area contributed by atoms with Gasteiger partial charge in [-0.3, -0.25) is 9.59 Å². The molecule has 2 aromatic rings. The van der Waals surface area contributed by atoms with Crippen LogP contribution in [0.3, 0.4) is 0 Å². The van der Waals surface area contributed by atoms with Crippen LogP contribution in [0.15, 0.2) is 48.5 Å². The summed E-state index contributed by atoms with van der Waals surface area (Å²) < 4.78 is 11.0. The van der Waals surface area contributed by atoms with Gasteiger partial charge < -0.3 is 20.5 Å². The van der Waals surface area contributed by atoms with Gasteiger partial charge in [-0.25, -0.2) is 0 Å². The third kappa shape index (κ3) is 6.66. The lowest BCUT2D eigenvalue weighted by Gasteiger charge is -2.19. The standard InChI is InChI=1S/C21H26N2O4/c1-21(2,3)16-6-10-17(11-7-16)26-13-12-23-19(24)14-27-18-8-4-15(5-9-18)20(22)25/h4-11H,12-14H2,1-3H3,(H2,22,25)(H,23,24). The molecule has 2 rings (SSSR count). The van der Waals surface area contributed by atoms with Crippen LogP contribution in [-0.4, -0.2) is 31.6 Å². The first-order valence-corrected chi connectivity index (χ1v) is 8.78. The first kappa shape index (κ1) is 20.3. The number of nitrogens with two attached hydrogens (primary N) is 1. The highest BCUT2D eigenvalue weighted by Gasteiger charge is 2.13. The molecule has 2 amide bonds. The number of hydrogen-bond donors (Lipinski definition) is 2. The van der Waals surface area contributed by atoms with E-state index in [1.54, 1.807) is 24.3 Å². The van der Waals surface area contributed by atoms with Crippen molar-refractivity contribution in [2.45, 2.75) is 26.2 Å². The van der Waals surface area contributed by atoms with E-state index in [-0.39, 0.29) is 17.9 Å². The number of hydrogen-bond acceptors (Lipinski definition) is 4. The van der Waals surface area contributed by atoms with Crippen LogP contribution < -0.4 is 20.5 Å². The van der Waals surface area contributed by atoms with E-state index in [1.165, 1.54) is 5.56 Å². The summed E-state index contributed by atoms with van der Waals surface area (Å²) in [6, 6.07) is 14.2. The highest BCUT2D eigenvalue weighted by molar-refractivity contribution is 5.92. The monoisotopic (exact) mass is 370 g/mol. The normalized spacial score (nSPS) is 10.9. The average Bonchev–Trinajstić information content (AvgIpc) is 2.63. The molecular formula is C21H26N2O4. The third-order valence-corrected chi connectivity index (χ3v) is 3.92. The molecule has 0 radical (unpaired) electrons. The Balaban J connectivity index is 1.66. The molecule has 0 atom stereocenters. The summed E-state index contributed by atoms with van der Waals surface area (Å²) in [5.41, 5.74) is 6.90. The van der Waals surface area contributed by atoms with Crippen molar-refractivity contribution in [3.63, 3.8) is 0 Å². The fraction of sp³-hybridized carbons (Fsp3) is 0.333. The molecule has 6 heteroatoms. The quantitative estimate of drug-likeness (QED) is 0.699. The van der Waals surface area contributed by atoms with Crippen LogP contribution in [-0.2, 0) is 10.2 Å². The summed E-state index contributed by atoms with van der Waals surface area (Å²) in [5.74, 6) is 0.501. The lowest BCUT2D eigenvalue weighted by atomic mass is 9.87. The minimum absolute atomic E-state index is 0.104. The van der Waals surface area contributed by atoms with Gasteiger partial charge in [-0.05, 0) is 47.4 Å². The number of rotatable bonds is 8. The third-order valence-electron chi connectivity index (χ3n) is 3.92. The average molecular weight is 370 g/mol. The Hall–Kier alpha value is -3.02. The Morgan fingerprint density at radius 3 is 2.04 bits per heavy atom. The second-order valence-electron chi connectivity index (χ2n) is 7.15. The first-order valence-electron chi connectivity index (χ1n) is 8.78. The number of ether oxygens (including phenoxy) is 2. The lowest BCUT2D eigenvalue weighted by Crippen LogP contribution is -2.32. The van der Waals surface area contributed by atoms with Gasteiger partial charge in [0.15, 0.2) is 6.61 Å². The molecule has 0 aliphatic rings. The topological polar surface area (TPSA) is 90.7 Å². The molecule has 27 heavy (non-hydrogen) atoms. The number of benzene rings is 2. The molecule has 0 unspecified atom stereocenters. The van der Waals surface area contributed by atoms with Crippen molar-refractivity contribution in [2.75, 3.05) is 19.8 Å². The van der Waals surface area contributed by atoms with E-state index < -0.39 is 5.91 Å². The Labute approximate surface area is 159 Å². The number of carbonyl (C=O) groups excluding carboxylic acids is 2. The minimum atomic E-state index is -0.507. The van der Waals surface area contributed by atoms with Gasteiger partial charge in [0.2, 0.25) is 5.91 Å². The van der Waals surface area contributed by atoms with E-state index in [0.29, 0.717) is 24.5 Å². The molecular weight excluding hydrogens is 344 g/mol. The molecule has 3 N–H and O–H groups in total. The van der Waals surface area contributed by atoms with Crippen molar-refractivity contribution in [2.24, 2.45) is 5.73 Å². The van der Waals surface area contributed by atoms with Crippen LogP contribution >= 0.6 is 0 Å². The maximum absolute atomic E-state index is 11.8. The maximum atomic E-state index is 11.8. The van der Waals surface area contributed by atoms with Crippen molar-refractivity contribution in [3.8, 4) is 11.5 Å². The molecule has 0 bridgehead atoms. The number of carbonyl (C=O) groups is 2. The number of nitrogens with one attached hydrogen (secondary N) is 1. The Morgan fingerprint density at radius 1 is 0.926 bits per heavy atom. The second kappa shape index (κ2) is 9.07. The second-order valence-corrected chi connectivity index (χ2v) is 7.15. The SMILES string of the molecule is CC(C)(C)c1ccc(OCCNC(=O)COc2ccc(C(N)=O)cc2)cc1. The zero-order valence-electron chi connectivity index (χ0n) is 16.0. The molecule has 0 aliphatic heterocycles. The highest BCUT2D eigenvalue weighted by atomic mass is 16.5. The maximum Gasteiger partial charge on any atom is 0.258 e. The van der Waals surface area contributed by atoms with Gasteiger partial charge in [0.1, 0.15) is 18.1 Å². The van der Waals surface area contributed by atoms with E-state index in [9.17, 15) is 9.59 Å². The molecule has 0 heterocycles. The molecule has 0 aliphatic carbocycles. The van der Waals surface area contributed by atoms with Gasteiger partial charge in [0.05, 0.1) is 6.54 Å². The molecule has 6 nitrogen and oxygen atoms in total. The summed E-state index contributed by atoms with van der Waals surface area (Å²) in [5, 5.41) is 2.73. The summed E-state index contributed by atoms with van der Waals surface area (Å²) in [6.07, 6.45) is 0. The Kier molecular flexibility index (Phi) is 6.82. The number of primary amides is 1. The van der Waals surface area contributed by atoms with Crippen molar-refractivity contribution in [3.05, 3.63) is 59.7 Å². The molecule has 0 saturated carbocycles. The summed E-state index contributed by atoms with van der Waals surface area (Å²) in [7, 11) is 0. The molecule has 0 fully saturated rings. The number of amides is 2. The fourth-order valence-corrected chi connectivity index (χ4v) is 2.33. The van der Waals surface area contributed by atoms with Gasteiger partial charge in [-0.15, -0.1) is 0 Å². The molecule has 144 valence electrons. The minimum Gasteiger partial charge on any atom is -0.492 e. The van der Waals surface area contributed by atoms with Gasteiger partial charge >= 0.3 is 0 Å². The zero-order chi connectivity index (χ0) is 19.9. The Bertz CT molecular complexity index is 762. The summed E-state index contributed by atoms with van der Waals surface area (Å²) in [4.78, 5) is 22.8. The van der Waals surface area contributed by atoms with E-state index in [0.717, 1.165) is 5.75 Å². The largest absolute Gasteiger partial charge is 0.492 e. The van der Waals surface area contributed by atoms with E-state index >= 15 is 0 Å². The Morgan fingerprint density at radius 2 is 1.48 bits per heavy atom. The predicted molar refractivity (Wildman–Crippen MR) is 104 cm³/mol. The van der Waals surface area contributed by atoms with E-state index in [2.05, 4.69) is 26.1 Å². The first-order chi connectivity index (χ1) is 12.8. The van der Waals surface area contributed by atoms with Crippen molar-refractivity contribution >= 4 is 11.8 Å². The smallest absolute Gasteiger partial charge is 0.258 e. The van der Waals surface area contributed by atoms with Crippen LogP contribution in [0.2, 0.25) is 0 Å². The van der Waals surface area contributed by atoms with Gasteiger partial charge in [-0.1, -0.05) is 32.9 Å². The van der Waals surface area contributed by atoms with E-state index in [1.807, 2.05) is 24.3 Å². The molecule has 0 spiro atoms. The lowest BCUT2D eigenvalue weighted by molar-refractivity contribution is -0.123. The van der Waals surface area contributed by atoms with Crippen molar-refractivity contribution < 1.29 is 19.1 Å². The van der Waals surface area contributed by atoms with Crippen LogP contribution in [0.5, 0.6) is 11.5 Å². The van der Waals surface area contributed by atoms with Crippen LogP contribution in [0.4, 0.5) is 0 Å². The zero-order valence-corrected chi connectivity index (χ0v) is 16.0. The molecule has 0 saturated heterocycles. The van der Waals surface area contributed by atoms with Gasteiger partial charge in [0, 0.05) is 5.56 Å². The molecule has 0 aromatic heterocycles. The fourth-order valence-electron chi connectivity index (χ4n) is 2.33. The van der Waals surface area contributed by atoms with Crippen molar-refractivity contribution in [1.29, 1.82) is 0 Å². The summed E-state index contributed by atoms with van der Waals surface area (Å²) in [6.45, 7) is 7.11. The predicted octanol–water partition coefficient (Wildman–Crippen LogP) is 2.66. The highest BCUT2D eigenvalue weighted by Crippen LogP contribution is 2.24. The van der Waals surface area contributed by atoms with Gasteiger partial charge in [-0.2, -0.15) is 0 Å².